The fraction of sp³-hybridized carbons (Fsp3) is 0.154. The number of hydrogen-bond acceptors (Lipinski definition) is 4. The first-order valence-corrected chi connectivity index (χ1v) is 6.40. The highest BCUT2D eigenvalue weighted by Gasteiger charge is 2.35. The van der Waals surface area contributed by atoms with E-state index in [9.17, 15) is 9.59 Å². The number of Topliss-reactive ketones (excluding diaryl/α,β-unsaturated/α-hetero) is 1. The summed E-state index contributed by atoms with van der Waals surface area (Å²) in [6, 6.07) is 5.48. The van der Waals surface area contributed by atoms with Crippen LogP contribution in [0.1, 0.15) is 20.9 Å². The second-order valence-corrected chi connectivity index (χ2v) is 5.15. The Kier molecular flexibility index (Phi) is 2.48. The lowest BCUT2D eigenvalue weighted by Gasteiger charge is -2.14. The van der Waals surface area contributed by atoms with Crippen molar-refractivity contribution in [3.05, 3.63) is 45.9 Å². The van der Waals surface area contributed by atoms with Crippen LogP contribution in [-0.2, 0) is 11.3 Å². The van der Waals surface area contributed by atoms with Gasteiger partial charge in [-0.25, -0.2) is 4.98 Å². The number of rotatable bonds is 2. The average Bonchev–Trinajstić information content (AvgIpc) is 2.94. The molecule has 1 aliphatic rings. The predicted octanol–water partition coefficient (Wildman–Crippen LogP) is 2.18. The van der Waals surface area contributed by atoms with E-state index >= 15 is 0 Å². The fourth-order valence-corrected chi connectivity index (χ4v) is 2.64. The van der Waals surface area contributed by atoms with Crippen LogP contribution in [0.2, 0.25) is 0 Å². The van der Waals surface area contributed by atoms with E-state index in [1.54, 1.807) is 12.3 Å². The van der Waals surface area contributed by atoms with Gasteiger partial charge in [-0.1, -0.05) is 11.6 Å². The molecule has 0 aliphatic carbocycles. The molecule has 0 atom stereocenters. The smallest absolute Gasteiger partial charge is 0.298 e. The van der Waals surface area contributed by atoms with E-state index in [2.05, 4.69) is 4.98 Å². The Morgan fingerprint density at radius 2 is 2.17 bits per heavy atom. The lowest BCUT2D eigenvalue weighted by Crippen LogP contribution is -2.29. The Morgan fingerprint density at radius 3 is 2.89 bits per heavy atom. The Labute approximate surface area is 108 Å². The van der Waals surface area contributed by atoms with E-state index in [-0.39, 0.29) is 0 Å². The van der Waals surface area contributed by atoms with Crippen molar-refractivity contribution in [2.75, 3.05) is 4.90 Å². The molecule has 0 spiro atoms. The normalized spacial score (nSPS) is 14.2. The van der Waals surface area contributed by atoms with E-state index in [1.807, 2.05) is 24.4 Å². The van der Waals surface area contributed by atoms with Crippen molar-refractivity contribution < 1.29 is 9.59 Å². The quantitative estimate of drug-likeness (QED) is 0.776. The van der Waals surface area contributed by atoms with Gasteiger partial charge in [0, 0.05) is 11.6 Å². The lowest BCUT2D eigenvalue weighted by atomic mass is 10.1. The Hall–Kier alpha value is -2.01. The summed E-state index contributed by atoms with van der Waals surface area (Å²) in [6.07, 6.45) is 1.69. The molecule has 18 heavy (non-hydrogen) atoms. The van der Waals surface area contributed by atoms with Crippen molar-refractivity contribution in [1.29, 1.82) is 0 Å². The SMILES string of the molecule is Cc1ccc2c(c1)C(=O)C(=O)N2Cc1nccs1. The third-order valence-corrected chi connectivity index (χ3v) is 3.67. The number of aromatic nitrogens is 1. The summed E-state index contributed by atoms with van der Waals surface area (Å²) in [6.45, 7) is 2.26. The molecule has 0 N–H and O–H groups in total. The number of aryl methyl sites for hydroxylation is 1. The Bertz CT molecular complexity index is 634. The number of fused-ring (bicyclic) bond motifs is 1. The molecule has 0 saturated carbocycles. The fourth-order valence-electron chi connectivity index (χ4n) is 2.04. The molecule has 0 fully saturated rings. The molecule has 1 aromatic heterocycles. The van der Waals surface area contributed by atoms with Crippen LogP contribution < -0.4 is 4.90 Å². The van der Waals surface area contributed by atoms with Crippen molar-refractivity contribution >= 4 is 28.7 Å². The molecule has 4 nitrogen and oxygen atoms in total. The summed E-state index contributed by atoms with van der Waals surface area (Å²) < 4.78 is 0. The molecule has 2 aromatic rings. The Balaban J connectivity index is 2.02. The molecule has 2 heterocycles. The van der Waals surface area contributed by atoms with Crippen molar-refractivity contribution in [3.63, 3.8) is 0 Å². The highest BCUT2D eigenvalue weighted by atomic mass is 32.1. The Morgan fingerprint density at radius 1 is 1.33 bits per heavy atom. The predicted molar refractivity (Wildman–Crippen MR) is 68.8 cm³/mol. The summed E-state index contributed by atoms with van der Waals surface area (Å²) in [7, 11) is 0. The molecule has 90 valence electrons. The molecule has 0 saturated heterocycles. The second kappa shape index (κ2) is 4.03. The van der Waals surface area contributed by atoms with Crippen molar-refractivity contribution in [1.82, 2.24) is 4.98 Å². The van der Waals surface area contributed by atoms with Gasteiger partial charge in [0.05, 0.1) is 17.8 Å². The number of carbonyl (C=O) groups excluding carboxylic acids is 2. The monoisotopic (exact) mass is 258 g/mol. The van der Waals surface area contributed by atoms with Gasteiger partial charge in [-0.3, -0.25) is 14.5 Å². The minimum atomic E-state index is -0.467. The average molecular weight is 258 g/mol. The van der Waals surface area contributed by atoms with Gasteiger partial charge in [-0.15, -0.1) is 11.3 Å². The molecule has 0 unspecified atom stereocenters. The van der Waals surface area contributed by atoms with E-state index < -0.39 is 11.7 Å². The van der Waals surface area contributed by atoms with Gasteiger partial charge < -0.3 is 0 Å². The van der Waals surface area contributed by atoms with Gasteiger partial charge >= 0.3 is 0 Å². The first-order valence-electron chi connectivity index (χ1n) is 5.52. The molecule has 0 bridgehead atoms. The van der Waals surface area contributed by atoms with Gasteiger partial charge in [0.15, 0.2) is 0 Å². The molecule has 0 radical (unpaired) electrons. The number of nitrogens with zero attached hydrogens (tertiary/aromatic N) is 2. The van der Waals surface area contributed by atoms with Crippen molar-refractivity contribution in [2.45, 2.75) is 13.5 Å². The van der Waals surface area contributed by atoms with Gasteiger partial charge in [-0.05, 0) is 19.1 Å². The van der Waals surface area contributed by atoms with E-state index in [4.69, 9.17) is 0 Å². The van der Waals surface area contributed by atoms with Crippen LogP contribution in [0.3, 0.4) is 0 Å². The lowest BCUT2D eigenvalue weighted by molar-refractivity contribution is -0.114. The summed E-state index contributed by atoms with van der Waals surface area (Å²) in [4.78, 5) is 29.5. The molecule has 3 rings (SSSR count). The van der Waals surface area contributed by atoms with Crippen LogP contribution in [0.5, 0.6) is 0 Å². The van der Waals surface area contributed by atoms with Crippen molar-refractivity contribution in [3.8, 4) is 0 Å². The van der Waals surface area contributed by atoms with E-state index in [0.29, 0.717) is 17.8 Å². The van der Waals surface area contributed by atoms with Gasteiger partial charge in [0.25, 0.3) is 11.7 Å². The standard InChI is InChI=1S/C13H10N2O2S/c1-8-2-3-10-9(6-8)12(16)13(17)15(10)7-11-14-4-5-18-11/h2-6H,7H2,1H3. The van der Waals surface area contributed by atoms with Crippen LogP contribution in [0, 0.1) is 6.92 Å². The number of hydrogen-bond donors (Lipinski definition) is 0. The first kappa shape index (κ1) is 11.1. The number of amides is 1. The molecule has 1 aliphatic heterocycles. The van der Waals surface area contributed by atoms with E-state index in [0.717, 1.165) is 10.6 Å². The van der Waals surface area contributed by atoms with Gasteiger partial charge in [0.2, 0.25) is 0 Å². The first-order chi connectivity index (χ1) is 8.66. The molecule has 1 amide bonds. The number of anilines is 1. The maximum absolute atomic E-state index is 12.0. The number of benzene rings is 1. The van der Waals surface area contributed by atoms with Crippen LogP contribution in [-0.4, -0.2) is 16.7 Å². The summed E-state index contributed by atoms with van der Waals surface area (Å²) in [5.74, 6) is -0.893. The zero-order chi connectivity index (χ0) is 12.7. The summed E-state index contributed by atoms with van der Waals surface area (Å²) >= 11 is 1.47. The maximum atomic E-state index is 12.0. The number of thiazole rings is 1. The largest absolute Gasteiger partial charge is 0.299 e. The van der Waals surface area contributed by atoms with Crippen molar-refractivity contribution in [2.24, 2.45) is 0 Å². The van der Waals surface area contributed by atoms with Gasteiger partial charge in [0.1, 0.15) is 5.01 Å². The molecule has 5 heteroatoms. The molecular formula is C13H10N2O2S. The topological polar surface area (TPSA) is 50.3 Å². The summed E-state index contributed by atoms with van der Waals surface area (Å²) in [5, 5.41) is 2.68. The minimum absolute atomic E-state index is 0.359. The van der Waals surface area contributed by atoms with Gasteiger partial charge in [-0.2, -0.15) is 0 Å². The number of ketones is 1. The minimum Gasteiger partial charge on any atom is -0.298 e. The second-order valence-electron chi connectivity index (χ2n) is 4.17. The van der Waals surface area contributed by atoms with E-state index in [1.165, 1.54) is 16.2 Å². The highest BCUT2D eigenvalue weighted by molar-refractivity contribution is 7.09. The molecular weight excluding hydrogens is 248 g/mol. The van der Waals surface area contributed by atoms with Crippen LogP contribution >= 0.6 is 11.3 Å². The molecule has 1 aromatic carbocycles. The van der Waals surface area contributed by atoms with Crippen LogP contribution in [0.15, 0.2) is 29.8 Å². The third kappa shape index (κ3) is 1.64. The summed E-state index contributed by atoms with van der Waals surface area (Å²) in [5.41, 5.74) is 2.16. The zero-order valence-corrected chi connectivity index (χ0v) is 10.5. The third-order valence-electron chi connectivity index (χ3n) is 2.90. The highest BCUT2D eigenvalue weighted by Crippen LogP contribution is 2.31. The van der Waals surface area contributed by atoms with Crippen LogP contribution in [0.25, 0.3) is 0 Å². The zero-order valence-electron chi connectivity index (χ0n) is 9.71. The number of carbonyl (C=O) groups is 2. The maximum Gasteiger partial charge on any atom is 0.299 e. The van der Waals surface area contributed by atoms with Crippen LogP contribution in [0.4, 0.5) is 5.69 Å².